The second-order valence-corrected chi connectivity index (χ2v) is 4.86. The van der Waals surface area contributed by atoms with Gasteiger partial charge in [0.1, 0.15) is 0 Å². The van der Waals surface area contributed by atoms with Gasteiger partial charge in [0, 0.05) is 19.6 Å². The summed E-state index contributed by atoms with van der Waals surface area (Å²) >= 11 is 0. The van der Waals surface area contributed by atoms with E-state index in [2.05, 4.69) is 10.6 Å². The number of ether oxygens (including phenoxy) is 1. The monoisotopic (exact) mass is 250 g/mol. The summed E-state index contributed by atoms with van der Waals surface area (Å²) in [6.45, 7) is 5.52. The van der Waals surface area contributed by atoms with Crippen LogP contribution in [0.1, 0.15) is 33.1 Å². The standard InChI is InChI=1S/C11H22N2O2.ClH/c1-11(2,8-15-3)13-10(14)7-9-5-4-6-12-9;/h9,12H,4-8H2,1-3H3,(H,13,14);1H. The molecular weight excluding hydrogens is 228 g/mol. The number of carbonyl (C=O) groups is 1. The molecule has 1 aliphatic heterocycles. The third-order valence-electron chi connectivity index (χ3n) is 2.58. The lowest BCUT2D eigenvalue weighted by atomic mass is 10.1. The number of amides is 1. The molecule has 0 radical (unpaired) electrons. The summed E-state index contributed by atoms with van der Waals surface area (Å²) in [5.41, 5.74) is -0.273. The normalized spacial score (nSPS) is 20.3. The van der Waals surface area contributed by atoms with E-state index in [1.165, 1.54) is 6.42 Å². The van der Waals surface area contributed by atoms with E-state index in [0.717, 1.165) is 13.0 Å². The maximum Gasteiger partial charge on any atom is 0.222 e. The minimum absolute atomic E-state index is 0. The van der Waals surface area contributed by atoms with Crippen LogP contribution in [-0.4, -0.2) is 37.7 Å². The molecular formula is C11H23ClN2O2. The first-order valence-corrected chi connectivity index (χ1v) is 5.57. The van der Waals surface area contributed by atoms with Crippen LogP contribution < -0.4 is 10.6 Å². The van der Waals surface area contributed by atoms with Gasteiger partial charge in [-0.15, -0.1) is 12.4 Å². The first-order chi connectivity index (χ1) is 7.03. The van der Waals surface area contributed by atoms with Crippen LogP contribution in [0.4, 0.5) is 0 Å². The Balaban J connectivity index is 0.00000225. The molecule has 0 aliphatic carbocycles. The Morgan fingerprint density at radius 1 is 1.56 bits per heavy atom. The van der Waals surface area contributed by atoms with E-state index in [-0.39, 0.29) is 23.9 Å². The molecule has 1 unspecified atom stereocenters. The lowest BCUT2D eigenvalue weighted by molar-refractivity contribution is -0.123. The van der Waals surface area contributed by atoms with Crippen LogP contribution in [-0.2, 0) is 9.53 Å². The molecule has 1 aliphatic rings. The van der Waals surface area contributed by atoms with Crippen molar-refractivity contribution >= 4 is 18.3 Å². The zero-order chi connectivity index (χ0) is 11.3. The summed E-state index contributed by atoms with van der Waals surface area (Å²) in [5, 5.41) is 6.29. The maximum absolute atomic E-state index is 11.7. The molecule has 0 aromatic carbocycles. The van der Waals surface area contributed by atoms with Gasteiger partial charge in [-0.25, -0.2) is 0 Å². The average molecular weight is 251 g/mol. The van der Waals surface area contributed by atoms with Crippen molar-refractivity contribution in [2.24, 2.45) is 0 Å². The molecule has 4 nitrogen and oxygen atoms in total. The smallest absolute Gasteiger partial charge is 0.222 e. The van der Waals surface area contributed by atoms with Gasteiger partial charge in [-0.3, -0.25) is 4.79 Å². The maximum atomic E-state index is 11.7. The average Bonchev–Trinajstić information content (AvgIpc) is 2.54. The molecule has 1 fully saturated rings. The summed E-state index contributed by atoms with van der Waals surface area (Å²) < 4.78 is 5.05. The van der Waals surface area contributed by atoms with E-state index in [1.54, 1.807) is 7.11 Å². The van der Waals surface area contributed by atoms with Crippen molar-refractivity contribution < 1.29 is 9.53 Å². The lowest BCUT2D eigenvalue weighted by Gasteiger charge is -2.26. The number of hydrogen-bond donors (Lipinski definition) is 2. The van der Waals surface area contributed by atoms with Crippen LogP contribution >= 0.6 is 12.4 Å². The van der Waals surface area contributed by atoms with Gasteiger partial charge < -0.3 is 15.4 Å². The van der Waals surface area contributed by atoms with Crippen molar-refractivity contribution in [2.75, 3.05) is 20.3 Å². The minimum atomic E-state index is -0.273. The highest BCUT2D eigenvalue weighted by atomic mass is 35.5. The van der Waals surface area contributed by atoms with E-state index in [0.29, 0.717) is 19.1 Å². The van der Waals surface area contributed by atoms with Gasteiger partial charge >= 0.3 is 0 Å². The third kappa shape index (κ3) is 5.68. The van der Waals surface area contributed by atoms with Crippen LogP contribution in [0.25, 0.3) is 0 Å². The van der Waals surface area contributed by atoms with Crippen LogP contribution in [0.3, 0.4) is 0 Å². The Hall–Kier alpha value is -0.320. The molecule has 1 heterocycles. The molecule has 0 saturated carbocycles. The van der Waals surface area contributed by atoms with Crippen molar-refractivity contribution in [3.05, 3.63) is 0 Å². The van der Waals surface area contributed by atoms with E-state index in [9.17, 15) is 4.79 Å². The number of halogens is 1. The quantitative estimate of drug-likeness (QED) is 0.768. The van der Waals surface area contributed by atoms with Crippen LogP contribution in [0.15, 0.2) is 0 Å². The van der Waals surface area contributed by atoms with Crippen LogP contribution in [0.2, 0.25) is 0 Å². The van der Waals surface area contributed by atoms with E-state index >= 15 is 0 Å². The van der Waals surface area contributed by atoms with Crippen LogP contribution in [0.5, 0.6) is 0 Å². The molecule has 0 bridgehead atoms. The van der Waals surface area contributed by atoms with E-state index < -0.39 is 0 Å². The van der Waals surface area contributed by atoms with Crippen molar-refractivity contribution in [3.8, 4) is 0 Å². The fourth-order valence-corrected chi connectivity index (χ4v) is 1.98. The molecule has 5 heteroatoms. The van der Waals surface area contributed by atoms with Gasteiger partial charge in [0.05, 0.1) is 12.1 Å². The molecule has 1 saturated heterocycles. The van der Waals surface area contributed by atoms with Crippen molar-refractivity contribution in [1.82, 2.24) is 10.6 Å². The van der Waals surface area contributed by atoms with Crippen molar-refractivity contribution in [3.63, 3.8) is 0 Å². The van der Waals surface area contributed by atoms with Gasteiger partial charge in [0.25, 0.3) is 0 Å². The van der Waals surface area contributed by atoms with E-state index in [4.69, 9.17) is 4.74 Å². The van der Waals surface area contributed by atoms with Gasteiger partial charge in [0.15, 0.2) is 0 Å². The van der Waals surface area contributed by atoms with Crippen molar-refractivity contribution in [2.45, 2.75) is 44.7 Å². The molecule has 0 aromatic rings. The predicted molar refractivity (Wildman–Crippen MR) is 67.0 cm³/mol. The molecule has 0 aromatic heterocycles. The molecule has 1 amide bonds. The Morgan fingerprint density at radius 2 is 2.25 bits per heavy atom. The van der Waals surface area contributed by atoms with Gasteiger partial charge in [0.2, 0.25) is 5.91 Å². The highest BCUT2D eigenvalue weighted by molar-refractivity contribution is 5.85. The summed E-state index contributed by atoms with van der Waals surface area (Å²) in [6.07, 6.45) is 2.87. The third-order valence-corrected chi connectivity index (χ3v) is 2.58. The largest absolute Gasteiger partial charge is 0.382 e. The number of rotatable bonds is 5. The van der Waals surface area contributed by atoms with Gasteiger partial charge in [-0.05, 0) is 33.2 Å². The highest BCUT2D eigenvalue weighted by Crippen LogP contribution is 2.10. The summed E-state index contributed by atoms with van der Waals surface area (Å²) in [4.78, 5) is 11.7. The first kappa shape index (κ1) is 15.7. The second-order valence-electron chi connectivity index (χ2n) is 4.86. The van der Waals surface area contributed by atoms with Crippen molar-refractivity contribution in [1.29, 1.82) is 0 Å². The molecule has 1 atom stereocenters. The Bertz CT molecular complexity index is 216. The summed E-state index contributed by atoms with van der Waals surface area (Å²) in [5.74, 6) is 0.108. The van der Waals surface area contributed by atoms with E-state index in [1.807, 2.05) is 13.8 Å². The zero-order valence-corrected chi connectivity index (χ0v) is 11.2. The second kappa shape index (κ2) is 7.09. The number of carbonyl (C=O) groups excluding carboxylic acids is 1. The Kier molecular flexibility index (Phi) is 6.95. The highest BCUT2D eigenvalue weighted by Gasteiger charge is 2.23. The molecule has 96 valence electrons. The summed E-state index contributed by atoms with van der Waals surface area (Å²) in [7, 11) is 1.65. The summed E-state index contributed by atoms with van der Waals surface area (Å²) in [6, 6.07) is 0.364. The Labute approximate surface area is 104 Å². The minimum Gasteiger partial charge on any atom is -0.382 e. The number of methoxy groups -OCH3 is 1. The molecule has 2 N–H and O–H groups in total. The lowest BCUT2D eigenvalue weighted by Crippen LogP contribution is -2.48. The van der Waals surface area contributed by atoms with Gasteiger partial charge in [-0.2, -0.15) is 0 Å². The van der Waals surface area contributed by atoms with Crippen LogP contribution in [0, 0.1) is 0 Å². The molecule has 16 heavy (non-hydrogen) atoms. The molecule has 0 spiro atoms. The predicted octanol–water partition coefficient (Wildman–Crippen LogP) is 1.09. The van der Waals surface area contributed by atoms with Gasteiger partial charge in [-0.1, -0.05) is 0 Å². The molecule has 1 rings (SSSR count). The SMILES string of the molecule is COCC(C)(C)NC(=O)CC1CCCN1.Cl. The Morgan fingerprint density at radius 3 is 2.75 bits per heavy atom. The fourth-order valence-electron chi connectivity index (χ4n) is 1.98. The topological polar surface area (TPSA) is 50.4 Å². The fraction of sp³-hybridized carbons (Fsp3) is 0.909. The first-order valence-electron chi connectivity index (χ1n) is 5.57. The number of nitrogens with one attached hydrogen (secondary N) is 2. The number of hydrogen-bond acceptors (Lipinski definition) is 3. The zero-order valence-electron chi connectivity index (χ0n) is 10.3.